The molecule has 0 aromatic heterocycles. The first-order chi connectivity index (χ1) is 10.6. The summed E-state index contributed by atoms with van der Waals surface area (Å²) >= 11 is 0. The highest BCUT2D eigenvalue weighted by Crippen LogP contribution is 2.13. The number of carbonyl (C=O) groups excluding carboxylic acids is 1. The number of amides is 1. The van der Waals surface area contributed by atoms with Crippen LogP contribution in [0.3, 0.4) is 0 Å². The normalized spacial score (nSPS) is 10.1. The Kier molecular flexibility index (Phi) is 5.36. The second-order valence-corrected chi connectivity index (χ2v) is 4.94. The number of methoxy groups -OCH3 is 1. The molecule has 0 spiro atoms. The summed E-state index contributed by atoms with van der Waals surface area (Å²) in [5.41, 5.74) is 2.15. The molecule has 0 saturated carbocycles. The first kappa shape index (κ1) is 15.8. The van der Waals surface area contributed by atoms with Crippen LogP contribution >= 0.6 is 0 Å². The summed E-state index contributed by atoms with van der Waals surface area (Å²) in [5.74, 6) is 0.332. The maximum Gasteiger partial charge on any atom is 0.239 e. The Balaban J connectivity index is 1.78. The molecule has 4 nitrogen and oxygen atoms in total. The van der Waals surface area contributed by atoms with Gasteiger partial charge in [0.1, 0.15) is 11.6 Å². The molecule has 0 aliphatic heterocycles. The van der Waals surface area contributed by atoms with Crippen molar-refractivity contribution in [1.29, 1.82) is 0 Å². The predicted octanol–water partition coefficient (Wildman–Crippen LogP) is 2.87. The van der Waals surface area contributed by atoms with Crippen LogP contribution in [0.4, 0.5) is 10.1 Å². The molecule has 116 valence electrons. The van der Waals surface area contributed by atoms with Crippen LogP contribution < -0.4 is 15.4 Å². The zero-order valence-corrected chi connectivity index (χ0v) is 12.7. The van der Waals surface area contributed by atoms with Gasteiger partial charge in [0.2, 0.25) is 5.91 Å². The van der Waals surface area contributed by atoms with E-state index < -0.39 is 0 Å². The van der Waals surface area contributed by atoms with E-state index in [1.165, 1.54) is 6.07 Å². The van der Waals surface area contributed by atoms with Gasteiger partial charge in [-0.3, -0.25) is 4.79 Å². The Morgan fingerprint density at radius 1 is 1.18 bits per heavy atom. The van der Waals surface area contributed by atoms with Gasteiger partial charge in [0, 0.05) is 12.2 Å². The van der Waals surface area contributed by atoms with Crippen molar-refractivity contribution in [2.45, 2.75) is 13.5 Å². The van der Waals surface area contributed by atoms with E-state index in [9.17, 15) is 9.18 Å². The van der Waals surface area contributed by atoms with Crippen molar-refractivity contribution in [2.75, 3.05) is 19.0 Å². The molecule has 0 aliphatic carbocycles. The van der Waals surface area contributed by atoms with Gasteiger partial charge < -0.3 is 15.4 Å². The average molecular weight is 302 g/mol. The first-order valence-corrected chi connectivity index (χ1v) is 6.98. The van der Waals surface area contributed by atoms with Crippen molar-refractivity contribution in [2.24, 2.45) is 0 Å². The molecule has 1 amide bonds. The minimum atomic E-state index is -0.288. The smallest absolute Gasteiger partial charge is 0.239 e. The van der Waals surface area contributed by atoms with Gasteiger partial charge >= 0.3 is 0 Å². The van der Waals surface area contributed by atoms with Crippen molar-refractivity contribution in [3.63, 3.8) is 0 Å². The number of aryl methyl sites for hydroxylation is 1. The van der Waals surface area contributed by atoms with Crippen LogP contribution in [0.5, 0.6) is 5.75 Å². The Hall–Kier alpha value is -2.56. The minimum absolute atomic E-state index is 0.0959. The van der Waals surface area contributed by atoms with Crippen LogP contribution in [-0.4, -0.2) is 19.6 Å². The number of ether oxygens (including phenoxy) is 1. The molecule has 2 N–H and O–H groups in total. The van der Waals surface area contributed by atoms with Crippen molar-refractivity contribution in [1.82, 2.24) is 5.32 Å². The summed E-state index contributed by atoms with van der Waals surface area (Å²) in [5, 5.41) is 5.69. The van der Waals surface area contributed by atoms with Gasteiger partial charge in [0.25, 0.3) is 0 Å². The van der Waals surface area contributed by atoms with Gasteiger partial charge in [-0.25, -0.2) is 4.39 Å². The van der Waals surface area contributed by atoms with Crippen molar-refractivity contribution in [3.8, 4) is 5.75 Å². The Morgan fingerprint density at radius 3 is 2.55 bits per heavy atom. The van der Waals surface area contributed by atoms with Gasteiger partial charge in [-0.05, 0) is 42.3 Å². The molecule has 0 radical (unpaired) electrons. The highest BCUT2D eigenvalue weighted by atomic mass is 19.1. The first-order valence-electron chi connectivity index (χ1n) is 6.98. The number of hydrogen-bond acceptors (Lipinski definition) is 3. The number of rotatable bonds is 6. The summed E-state index contributed by atoms with van der Waals surface area (Å²) in [6.45, 7) is 2.23. The van der Waals surface area contributed by atoms with E-state index >= 15 is 0 Å². The second kappa shape index (κ2) is 7.45. The van der Waals surface area contributed by atoms with Gasteiger partial charge in [-0.15, -0.1) is 0 Å². The van der Waals surface area contributed by atoms with E-state index in [4.69, 9.17) is 4.74 Å². The number of carbonyl (C=O) groups is 1. The van der Waals surface area contributed by atoms with Crippen molar-refractivity contribution < 1.29 is 13.9 Å². The maximum atomic E-state index is 13.4. The van der Waals surface area contributed by atoms with E-state index in [1.54, 1.807) is 26.2 Å². The van der Waals surface area contributed by atoms with Crippen LogP contribution in [0.25, 0.3) is 0 Å². The molecule has 22 heavy (non-hydrogen) atoms. The van der Waals surface area contributed by atoms with Gasteiger partial charge in [0.15, 0.2) is 0 Å². The highest BCUT2D eigenvalue weighted by Gasteiger charge is 2.03. The fourth-order valence-corrected chi connectivity index (χ4v) is 1.89. The summed E-state index contributed by atoms with van der Waals surface area (Å²) in [4.78, 5) is 11.8. The van der Waals surface area contributed by atoms with Crippen LogP contribution in [0, 0.1) is 12.7 Å². The predicted molar refractivity (Wildman–Crippen MR) is 84.5 cm³/mol. The summed E-state index contributed by atoms with van der Waals surface area (Å²) in [7, 11) is 1.61. The molecule has 0 heterocycles. The summed E-state index contributed by atoms with van der Waals surface area (Å²) in [6.07, 6.45) is 0. The standard InChI is InChI=1S/C17H19FN2O2/c1-12-3-6-14(9-16(12)18)19-11-17(21)20-10-13-4-7-15(22-2)8-5-13/h3-9,19H,10-11H2,1-2H3,(H,20,21). The van der Waals surface area contributed by atoms with Crippen molar-refractivity contribution >= 4 is 11.6 Å². The fourth-order valence-electron chi connectivity index (χ4n) is 1.89. The lowest BCUT2D eigenvalue weighted by atomic mass is 10.2. The summed E-state index contributed by atoms with van der Waals surface area (Å²) in [6, 6.07) is 12.3. The quantitative estimate of drug-likeness (QED) is 0.862. The molecule has 0 unspecified atom stereocenters. The Morgan fingerprint density at radius 2 is 1.91 bits per heavy atom. The molecular formula is C17H19FN2O2. The van der Waals surface area contributed by atoms with Crippen LogP contribution in [-0.2, 0) is 11.3 Å². The third kappa shape index (κ3) is 4.48. The number of nitrogens with one attached hydrogen (secondary N) is 2. The topological polar surface area (TPSA) is 50.4 Å². The zero-order valence-electron chi connectivity index (χ0n) is 12.7. The van der Waals surface area contributed by atoms with Crippen LogP contribution in [0.1, 0.15) is 11.1 Å². The number of benzene rings is 2. The average Bonchev–Trinajstić information content (AvgIpc) is 2.54. The third-order valence-electron chi connectivity index (χ3n) is 3.27. The third-order valence-corrected chi connectivity index (χ3v) is 3.27. The highest BCUT2D eigenvalue weighted by molar-refractivity contribution is 5.80. The fraction of sp³-hybridized carbons (Fsp3) is 0.235. The molecule has 2 aromatic rings. The number of halogens is 1. The van der Waals surface area contributed by atoms with E-state index in [0.717, 1.165) is 11.3 Å². The minimum Gasteiger partial charge on any atom is -0.497 e. The lowest BCUT2D eigenvalue weighted by molar-refractivity contribution is -0.119. The molecule has 0 atom stereocenters. The van der Waals surface area contributed by atoms with Gasteiger partial charge in [-0.2, -0.15) is 0 Å². The molecule has 0 saturated heterocycles. The molecule has 0 bridgehead atoms. The zero-order chi connectivity index (χ0) is 15.9. The largest absolute Gasteiger partial charge is 0.497 e. The van der Waals surface area contributed by atoms with Gasteiger partial charge in [0.05, 0.1) is 13.7 Å². The molecule has 0 fully saturated rings. The van der Waals surface area contributed by atoms with E-state index in [0.29, 0.717) is 17.8 Å². The van der Waals surface area contributed by atoms with Crippen LogP contribution in [0.2, 0.25) is 0 Å². The molecule has 5 heteroatoms. The number of hydrogen-bond donors (Lipinski definition) is 2. The Bertz CT molecular complexity index is 642. The molecular weight excluding hydrogens is 283 g/mol. The van der Waals surface area contributed by atoms with Crippen LogP contribution in [0.15, 0.2) is 42.5 Å². The monoisotopic (exact) mass is 302 g/mol. The van der Waals surface area contributed by atoms with E-state index in [-0.39, 0.29) is 18.3 Å². The SMILES string of the molecule is COc1ccc(CNC(=O)CNc2ccc(C)c(F)c2)cc1. The second-order valence-electron chi connectivity index (χ2n) is 4.94. The van der Waals surface area contributed by atoms with Gasteiger partial charge in [-0.1, -0.05) is 18.2 Å². The summed E-state index contributed by atoms with van der Waals surface area (Å²) < 4.78 is 18.5. The lowest BCUT2D eigenvalue weighted by Crippen LogP contribution is -2.29. The lowest BCUT2D eigenvalue weighted by Gasteiger charge is -2.09. The van der Waals surface area contributed by atoms with Crippen molar-refractivity contribution in [3.05, 3.63) is 59.4 Å². The maximum absolute atomic E-state index is 13.4. The molecule has 2 rings (SSSR count). The molecule has 0 aliphatic rings. The molecule has 2 aromatic carbocycles. The Labute approximate surface area is 129 Å². The van der Waals surface area contributed by atoms with E-state index in [1.807, 2.05) is 24.3 Å². The number of anilines is 1. The van der Waals surface area contributed by atoms with E-state index in [2.05, 4.69) is 10.6 Å².